The highest BCUT2D eigenvalue weighted by molar-refractivity contribution is 7.07. The normalized spacial score (nSPS) is 15.4. The van der Waals surface area contributed by atoms with Crippen molar-refractivity contribution in [3.05, 3.63) is 107 Å². The van der Waals surface area contributed by atoms with Gasteiger partial charge in [-0.3, -0.25) is 9.36 Å². The van der Waals surface area contributed by atoms with Crippen LogP contribution in [0.15, 0.2) is 80.1 Å². The lowest BCUT2D eigenvalue weighted by Gasteiger charge is -2.25. The van der Waals surface area contributed by atoms with Gasteiger partial charge in [0.1, 0.15) is 17.3 Å². The Kier molecular flexibility index (Phi) is 7.53. The number of nitrogens with zero attached hydrogens (tertiary/aromatic N) is 2. The highest BCUT2D eigenvalue weighted by Gasteiger charge is 2.33. The van der Waals surface area contributed by atoms with E-state index in [1.165, 1.54) is 15.9 Å². The number of halogens is 2. The van der Waals surface area contributed by atoms with Gasteiger partial charge in [0.25, 0.3) is 5.56 Å². The first-order valence-electron chi connectivity index (χ1n) is 12.1. The third-order valence-electron chi connectivity index (χ3n) is 6.13. The fourth-order valence-electron chi connectivity index (χ4n) is 4.36. The maximum absolute atomic E-state index is 13.8. The molecule has 10 heteroatoms. The van der Waals surface area contributed by atoms with Crippen LogP contribution in [0.5, 0.6) is 5.75 Å². The zero-order valence-corrected chi connectivity index (χ0v) is 23.9. The summed E-state index contributed by atoms with van der Waals surface area (Å²) in [6.07, 6.45) is 1.32. The minimum atomic E-state index is -0.724. The zero-order chi connectivity index (χ0) is 27.8. The molecule has 5 rings (SSSR count). The van der Waals surface area contributed by atoms with Crippen molar-refractivity contribution in [2.24, 2.45) is 4.99 Å². The monoisotopic (exact) mass is 582 g/mol. The molecule has 1 unspecified atom stereocenters. The number of thiazole rings is 1. The molecule has 0 fully saturated rings. The Labute approximate surface area is 238 Å². The molecule has 0 spiro atoms. The van der Waals surface area contributed by atoms with Gasteiger partial charge in [-0.05, 0) is 62.7 Å². The maximum atomic E-state index is 13.8. The summed E-state index contributed by atoms with van der Waals surface area (Å²) in [7, 11) is 1.58. The van der Waals surface area contributed by atoms with Crippen LogP contribution in [0.2, 0.25) is 10.0 Å². The number of benzene rings is 2. The van der Waals surface area contributed by atoms with Crippen LogP contribution in [-0.4, -0.2) is 23.8 Å². The second-order valence-electron chi connectivity index (χ2n) is 9.11. The van der Waals surface area contributed by atoms with Crippen molar-refractivity contribution in [3.8, 4) is 17.1 Å². The van der Waals surface area contributed by atoms with Gasteiger partial charge in [-0.1, -0.05) is 52.7 Å². The minimum Gasteiger partial charge on any atom is -0.497 e. The summed E-state index contributed by atoms with van der Waals surface area (Å²) >= 11 is 13.7. The molecule has 0 amide bonds. The predicted octanol–water partition coefficient (Wildman–Crippen LogP) is 5.76. The Balaban J connectivity index is 1.63. The van der Waals surface area contributed by atoms with Crippen LogP contribution in [0.1, 0.15) is 38.1 Å². The van der Waals surface area contributed by atoms with E-state index in [-0.39, 0.29) is 11.7 Å². The molecule has 1 atom stereocenters. The number of carbonyl (C=O) groups is 1. The first kappa shape index (κ1) is 27.0. The van der Waals surface area contributed by atoms with E-state index in [0.717, 1.165) is 5.56 Å². The summed E-state index contributed by atoms with van der Waals surface area (Å²) < 4.78 is 18.8. The Hall–Kier alpha value is -3.59. The average molecular weight is 583 g/mol. The molecule has 7 nitrogen and oxygen atoms in total. The van der Waals surface area contributed by atoms with Crippen LogP contribution in [0.3, 0.4) is 0 Å². The lowest BCUT2D eigenvalue weighted by molar-refractivity contribution is -0.143. The largest absolute Gasteiger partial charge is 0.497 e. The molecular formula is C29H24Cl2N2O5S. The summed E-state index contributed by atoms with van der Waals surface area (Å²) in [5.41, 5.74) is 1.87. The number of hydrogen-bond acceptors (Lipinski definition) is 7. The minimum absolute atomic E-state index is 0.305. The van der Waals surface area contributed by atoms with E-state index in [0.29, 0.717) is 53.5 Å². The average Bonchev–Trinajstić information content (AvgIpc) is 3.48. The number of carbonyl (C=O) groups excluding carboxylic acids is 1. The van der Waals surface area contributed by atoms with Crippen LogP contribution in [-0.2, 0) is 9.53 Å². The molecule has 4 aromatic rings. The van der Waals surface area contributed by atoms with Crippen molar-refractivity contribution in [3.63, 3.8) is 0 Å². The quantitative estimate of drug-likeness (QED) is 0.270. The van der Waals surface area contributed by atoms with Gasteiger partial charge >= 0.3 is 5.97 Å². The van der Waals surface area contributed by atoms with Gasteiger partial charge in [0.15, 0.2) is 4.80 Å². The highest BCUT2D eigenvalue weighted by atomic mass is 35.5. The van der Waals surface area contributed by atoms with Gasteiger partial charge in [-0.2, -0.15) is 0 Å². The van der Waals surface area contributed by atoms with Crippen LogP contribution in [0.25, 0.3) is 17.4 Å². The highest BCUT2D eigenvalue weighted by Crippen LogP contribution is 2.35. The zero-order valence-electron chi connectivity index (χ0n) is 21.5. The summed E-state index contributed by atoms with van der Waals surface area (Å²) in [5.74, 6) is 1.12. The first-order valence-corrected chi connectivity index (χ1v) is 13.7. The number of ether oxygens (including phenoxy) is 2. The number of allylic oxidation sites excluding steroid dienone is 1. The molecule has 3 heterocycles. The molecule has 1 aliphatic heterocycles. The number of hydrogen-bond donors (Lipinski definition) is 0. The molecule has 2 aromatic carbocycles. The van der Waals surface area contributed by atoms with E-state index in [1.807, 2.05) is 12.1 Å². The summed E-state index contributed by atoms with van der Waals surface area (Å²) in [6.45, 7) is 5.30. The second kappa shape index (κ2) is 10.9. The van der Waals surface area contributed by atoms with Gasteiger partial charge in [0.05, 0.1) is 45.1 Å². The topological polar surface area (TPSA) is 83.0 Å². The lowest BCUT2D eigenvalue weighted by Crippen LogP contribution is -2.40. The smallest absolute Gasteiger partial charge is 0.338 e. The van der Waals surface area contributed by atoms with E-state index in [1.54, 1.807) is 76.4 Å². The fourth-order valence-corrected chi connectivity index (χ4v) is 5.78. The second-order valence-corrected chi connectivity index (χ2v) is 10.9. The van der Waals surface area contributed by atoms with E-state index < -0.39 is 12.0 Å². The lowest BCUT2D eigenvalue weighted by atomic mass is 9.96. The standard InChI is InChI=1S/C29H24Cl2N2O5S/c1-15(2)37-28(35)24-16(3)32-29-33(26(24)17-8-10-18(36-4)11-9-17)27(34)23(39-29)14-19-12-13-22(38-19)20-6-5-7-21(30)25(20)31/h5-15,26H,1-4H3/b23-14-. The van der Waals surface area contributed by atoms with Gasteiger partial charge in [0, 0.05) is 11.6 Å². The Morgan fingerprint density at radius 3 is 2.56 bits per heavy atom. The molecule has 0 bridgehead atoms. The van der Waals surface area contributed by atoms with Crippen LogP contribution in [0.4, 0.5) is 0 Å². The third kappa shape index (κ3) is 5.20. The molecule has 2 aromatic heterocycles. The van der Waals surface area contributed by atoms with Gasteiger partial charge in [-0.15, -0.1) is 0 Å². The van der Waals surface area contributed by atoms with Crippen LogP contribution >= 0.6 is 34.5 Å². The molecule has 0 aliphatic carbocycles. The number of rotatable bonds is 6. The Morgan fingerprint density at radius 1 is 1.13 bits per heavy atom. The van der Waals surface area contributed by atoms with E-state index in [4.69, 9.17) is 37.1 Å². The number of fused-ring (bicyclic) bond motifs is 1. The Bertz CT molecular complexity index is 1780. The molecule has 0 saturated heterocycles. The summed E-state index contributed by atoms with van der Waals surface area (Å²) in [5, 5.41) is 0.802. The van der Waals surface area contributed by atoms with Crippen molar-refractivity contribution in [1.29, 1.82) is 0 Å². The van der Waals surface area contributed by atoms with Crippen molar-refractivity contribution >= 4 is 46.6 Å². The van der Waals surface area contributed by atoms with Crippen molar-refractivity contribution in [1.82, 2.24) is 4.57 Å². The molecule has 1 aliphatic rings. The summed E-state index contributed by atoms with van der Waals surface area (Å²) in [6, 6.07) is 15.3. The van der Waals surface area contributed by atoms with Crippen molar-refractivity contribution < 1.29 is 18.7 Å². The third-order valence-corrected chi connectivity index (χ3v) is 7.93. The fraction of sp³-hybridized carbons (Fsp3) is 0.207. The number of esters is 1. The first-order chi connectivity index (χ1) is 18.7. The predicted molar refractivity (Wildman–Crippen MR) is 152 cm³/mol. The number of furan rings is 1. The Morgan fingerprint density at radius 2 is 1.87 bits per heavy atom. The van der Waals surface area contributed by atoms with E-state index >= 15 is 0 Å². The van der Waals surface area contributed by atoms with Crippen LogP contribution < -0.4 is 19.6 Å². The molecule has 0 radical (unpaired) electrons. The van der Waals surface area contributed by atoms with Gasteiger partial charge in [0.2, 0.25) is 0 Å². The maximum Gasteiger partial charge on any atom is 0.338 e. The van der Waals surface area contributed by atoms with E-state index in [9.17, 15) is 9.59 Å². The van der Waals surface area contributed by atoms with Crippen molar-refractivity contribution in [2.45, 2.75) is 32.9 Å². The van der Waals surface area contributed by atoms with E-state index in [2.05, 4.69) is 4.99 Å². The van der Waals surface area contributed by atoms with Crippen LogP contribution in [0, 0.1) is 0 Å². The SMILES string of the molecule is COc1ccc(C2C(C(=O)OC(C)C)=C(C)N=c3s/c(=C\c4ccc(-c5cccc(Cl)c5Cl)o4)c(=O)n32)cc1. The molecule has 200 valence electrons. The molecule has 39 heavy (non-hydrogen) atoms. The van der Waals surface area contributed by atoms with Gasteiger partial charge < -0.3 is 13.9 Å². The van der Waals surface area contributed by atoms with Gasteiger partial charge in [-0.25, -0.2) is 9.79 Å². The molecule has 0 N–H and O–H groups in total. The number of aromatic nitrogens is 1. The molecule has 0 saturated carbocycles. The number of methoxy groups -OCH3 is 1. The summed E-state index contributed by atoms with van der Waals surface area (Å²) in [4.78, 5) is 32.1. The molecular weight excluding hydrogens is 559 g/mol. The van der Waals surface area contributed by atoms with Crippen molar-refractivity contribution in [2.75, 3.05) is 7.11 Å².